The zero-order valence-electron chi connectivity index (χ0n) is 23.2. The zero-order valence-corrected chi connectivity index (χ0v) is 24.8. The van der Waals surface area contributed by atoms with Crippen molar-refractivity contribution in [3.05, 3.63) is 46.0 Å². The molecule has 1 aliphatic rings. The summed E-state index contributed by atoms with van der Waals surface area (Å²) in [6.45, 7) is 10.4. The fourth-order valence-corrected chi connectivity index (χ4v) is 5.05. The number of carbonyl (C=O) groups excluding carboxylic acids is 1. The first-order valence-electron chi connectivity index (χ1n) is 12.5. The van der Waals surface area contributed by atoms with Gasteiger partial charge in [0, 0.05) is 17.5 Å². The van der Waals surface area contributed by atoms with E-state index in [2.05, 4.69) is 9.71 Å². The molecule has 2 aromatic rings. The summed E-state index contributed by atoms with van der Waals surface area (Å²) >= 11 is 6.40. The molecule has 0 spiro atoms. The minimum atomic E-state index is -1.58. The molecule has 39 heavy (non-hydrogen) atoms. The first-order valence-corrected chi connectivity index (χ1v) is 14.0. The van der Waals surface area contributed by atoms with Crippen molar-refractivity contribution in [1.82, 2.24) is 9.71 Å². The molecule has 0 radical (unpaired) electrons. The van der Waals surface area contributed by atoms with Crippen LogP contribution in [0, 0.1) is 5.82 Å². The van der Waals surface area contributed by atoms with E-state index in [0.717, 1.165) is 6.07 Å². The zero-order chi connectivity index (χ0) is 29.3. The Morgan fingerprint density at radius 2 is 2.00 bits per heavy atom. The third-order valence-electron chi connectivity index (χ3n) is 6.32. The van der Waals surface area contributed by atoms with E-state index < -0.39 is 44.6 Å². The van der Waals surface area contributed by atoms with E-state index in [0.29, 0.717) is 11.3 Å². The van der Waals surface area contributed by atoms with Crippen molar-refractivity contribution in [1.29, 1.82) is 0 Å². The standard InChI is InChI=1S/C27H36ClFN2O7S/c1-15(32)13-37-23-18(29)10-16(11-20(23)36-7)19(33)8-9-27(6,34)21-12-17-22(24(28)30-21)38-14-26(17,5)31-39(35)25(2,3)4/h10-12,15,31-32,34H,8-9,13-14H2,1-7H3/t15-,26-,27-,39?/m1/s1. The number of aromatic nitrogens is 1. The van der Waals surface area contributed by atoms with E-state index in [4.69, 9.17) is 25.8 Å². The number of nitrogens with zero attached hydrogens (tertiary/aromatic N) is 1. The second kappa shape index (κ2) is 11.7. The highest BCUT2D eigenvalue weighted by atomic mass is 35.5. The monoisotopic (exact) mass is 586 g/mol. The van der Waals surface area contributed by atoms with E-state index in [1.54, 1.807) is 6.07 Å². The summed E-state index contributed by atoms with van der Waals surface area (Å²) in [6, 6.07) is 4.03. The highest BCUT2D eigenvalue weighted by molar-refractivity contribution is 7.84. The predicted octanol–water partition coefficient (Wildman–Crippen LogP) is 4.17. The van der Waals surface area contributed by atoms with E-state index in [1.165, 1.54) is 27.0 Å². The number of nitrogens with one attached hydrogen (secondary N) is 1. The lowest BCUT2D eigenvalue weighted by Crippen LogP contribution is -2.47. The molecule has 0 fully saturated rings. The Hall–Kier alpha value is -2.31. The minimum Gasteiger partial charge on any atom is -0.493 e. The number of pyridine rings is 1. The van der Waals surface area contributed by atoms with E-state index in [1.807, 2.05) is 27.7 Å². The smallest absolute Gasteiger partial charge is 0.197 e. The number of hydrogen-bond acceptors (Lipinski definition) is 8. The van der Waals surface area contributed by atoms with Crippen molar-refractivity contribution in [3.8, 4) is 17.2 Å². The van der Waals surface area contributed by atoms with Crippen LogP contribution in [0.1, 0.15) is 76.0 Å². The lowest BCUT2D eigenvalue weighted by molar-refractivity contribution is 0.0395. The molecular weight excluding hydrogens is 551 g/mol. The summed E-state index contributed by atoms with van der Waals surface area (Å²) in [4.78, 5) is 17.3. The number of benzene rings is 1. The van der Waals surface area contributed by atoms with Gasteiger partial charge in [0.25, 0.3) is 0 Å². The van der Waals surface area contributed by atoms with Crippen LogP contribution in [0.4, 0.5) is 4.39 Å². The van der Waals surface area contributed by atoms with E-state index in [9.17, 15) is 23.6 Å². The molecule has 4 atom stereocenters. The number of ketones is 1. The van der Waals surface area contributed by atoms with Crippen LogP contribution in [0.25, 0.3) is 0 Å². The predicted molar refractivity (Wildman–Crippen MR) is 146 cm³/mol. The molecule has 3 N–H and O–H groups in total. The average Bonchev–Trinajstić information content (AvgIpc) is 3.17. The number of fused-ring (bicyclic) bond motifs is 1. The van der Waals surface area contributed by atoms with Gasteiger partial charge in [-0.15, -0.1) is 0 Å². The highest BCUT2D eigenvalue weighted by Gasteiger charge is 2.42. The van der Waals surface area contributed by atoms with Gasteiger partial charge in [0.05, 0.1) is 40.2 Å². The number of rotatable bonds is 11. The van der Waals surface area contributed by atoms with Crippen LogP contribution in [0.5, 0.6) is 17.2 Å². The molecule has 0 saturated heterocycles. The van der Waals surface area contributed by atoms with Gasteiger partial charge in [-0.3, -0.25) is 4.79 Å². The molecular formula is C27H36ClFN2O7S. The number of Topliss-reactive ketones (excluding diaryl/α,β-unsaturated/α-hetero) is 1. The van der Waals surface area contributed by atoms with Gasteiger partial charge in [-0.25, -0.2) is 18.3 Å². The van der Waals surface area contributed by atoms with Gasteiger partial charge in [0.2, 0.25) is 0 Å². The summed E-state index contributed by atoms with van der Waals surface area (Å²) < 4.78 is 46.3. The van der Waals surface area contributed by atoms with Crippen molar-refractivity contribution < 1.29 is 37.8 Å². The Morgan fingerprint density at radius 3 is 2.59 bits per heavy atom. The largest absolute Gasteiger partial charge is 0.493 e. The SMILES string of the molecule is COc1cc(C(=O)CC[C@@](C)(O)c2cc3c(c(Cl)n2)OC[C@@]3(C)NS(=O)C(C)(C)C)cc(F)c1OC[C@@H](C)O. The van der Waals surface area contributed by atoms with E-state index >= 15 is 0 Å². The maximum absolute atomic E-state index is 14.7. The van der Waals surface area contributed by atoms with Crippen molar-refractivity contribution >= 4 is 28.4 Å². The van der Waals surface area contributed by atoms with Crippen LogP contribution < -0.4 is 18.9 Å². The lowest BCUT2D eigenvalue weighted by Gasteiger charge is -2.30. The maximum Gasteiger partial charge on any atom is 0.197 e. The fourth-order valence-electron chi connectivity index (χ4n) is 3.92. The molecule has 0 aliphatic carbocycles. The molecule has 1 aromatic heterocycles. The van der Waals surface area contributed by atoms with Gasteiger partial charge in [-0.1, -0.05) is 11.6 Å². The molecule has 9 nitrogen and oxygen atoms in total. The van der Waals surface area contributed by atoms with Crippen molar-refractivity contribution in [2.24, 2.45) is 0 Å². The van der Waals surface area contributed by atoms with Crippen LogP contribution >= 0.6 is 11.6 Å². The molecule has 0 bridgehead atoms. The third-order valence-corrected chi connectivity index (χ3v) is 8.32. The van der Waals surface area contributed by atoms with Crippen LogP contribution in [0.2, 0.25) is 5.15 Å². The van der Waals surface area contributed by atoms with Gasteiger partial charge in [-0.05, 0) is 66.2 Å². The Labute approximate surface area is 235 Å². The van der Waals surface area contributed by atoms with Gasteiger partial charge in [0.15, 0.2) is 34.0 Å². The third kappa shape index (κ3) is 7.07. The quantitative estimate of drug-likeness (QED) is 0.264. The summed E-state index contributed by atoms with van der Waals surface area (Å²) in [6.07, 6.45) is -1.00. The number of ether oxygens (including phenoxy) is 3. The molecule has 1 unspecified atom stereocenters. The van der Waals surface area contributed by atoms with Gasteiger partial charge < -0.3 is 24.4 Å². The van der Waals surface area contributed by atoms with Crippen molar-refractivity contribution in [2.45, 2.75) is 76.4 Å². The number of halogens is 2. The topological polar surface area (TPSA) is 127 Å². The Kier molecular flexibility index (Phi) is 9.33. The molecule has 0 saturated carbocycles. The molecule has 216 valence electrons. The number of aliphatic hydroxyl groups is 2. The molecule has 2 heterocycles. The van der Waals surface area contributed by atoms with Gasteiger partial charge >= 0.3 is 0 Å². The molecule has 3 rings (SSSR count). The number of hydrogen-bond donors (Lipinski definition) is 3. The summed E-state index contributed by atoms with van der Waals surface area (Å²) in [5.41, 5.74) is -1.58. The summed E-state index contributed by atoms with van der Waals surface area (Å²) in [5.74, 6) is -1.09. The van der Waals surface area contributed by atoms with Gasteiger partial charge in [-0.2, -0.15) is 0 Å². The molecule has 0 amide bonds. The first-order chi connectivity index (χ1) is 18.0. The van der Waals surface area contributed by atoms with E-state index in [-0.39, 0.29) is 54.0 Å². The number of carbonyl (C=O) groups is 1. The summed E-state index contributed by atoms with van der Waals surface area (Å²) in [7, 11) is -0.0972. The minimum absolute atomic E-state index is 0.0114. The second-order valence-corrected chi connectivity index (χ2v) is 13.4. The average molecular weight is 587 g/mol. The normalized spacial score (nSPS) is 20.0. The fraction of sp³-hybridized carbons (Fsp3) is 0.556. The Morgan fingerprint density at radius 1 is 1.33 bits per heavy atom. The van der Waals surface area contributed by atoms with Crippen LogP contribution in [-0.2, 0) is 22.1 Å². The lowest BCUT2D eigenvalue weighted by atomic mass is 9.89. The molecule has 1 aromatic carbocycles. The Bertz CT molecular complexity index is 1270. The Balaban J connectivity index is 1.82. The molecule has 1 aliphatic heterocycles. The summed E-state index contributed by atoms with van der Waals surface area (Å²) in [5, 5.41) is 20.8. The second-order valence-electron chi connectivity index (χ2n) is 11.1. The number of methoxy groups -OCH3 is 1. The van der Waals surface area contributed by atoms with Crippen molar-refractivity contribution in [3.63, 3.8) is 0 Å². The first kappa shape index (κ1) is 31.2. The number of aliphatic hydroxyl groups excluding tert-OH is 1. The van der Waals surface area contributed by atoms with Gasteiger partial charge in [0.1, 0.15) is 18.8 Å². The van der Waals surface area contributed by atoms with Crippen LogP contribution in [0.3, 0.4) is 0 Å². The maximum atomic E-state index is 14.7. The molecule has 12 heteroatoms. The van der Waals surface area contributed by atoms with Crippen LogP contribution in [0.15, 0.2) is 18.2 Å². The van der Waals surface area contributed by atoms with Crippen molar-refractivity contribution in [2.75, 3.05) is 20.3 Å². The van der Waals surface area contributed by atoms with Crippen LogP contribution in [-0.4, -0.2) is 56.4 Å². The highest BCUT2D eigenvalue weighted by Crippen LogP contribution is 2.44.